The van der Waals surface area contributed by atoms with Crippen LogP contribution in [0, 0.1) is 11.8 Å². The number of hydrogen-bond acceptors (Lipinski definition) is 4. The first kappa shape index (κ1) is 21.4. The van der Waals surface area contributed by atoms with Gasteiger partial charge in [0, 0.05) is 29.4 Å². The summed E-state index contributed by atoms with van der Waals surface area (Å²) in [4.78, 5) is -0.159. The SMILES string of the molecule is O=S(=O)(O)c1ccc(CC#Cc2ccc3cc(O)c(Cc4ccccc4)c(O)c3c2)cc1. The second-order valence-electron chi connectivity index (χ2n) is 7.42. The monoisotopic (exact) mass is 444 g/mol. The van der Waals surface area contributed by atoms with E-state index in [0.29, 0.717) is 34.7 Å². The maximum Gasteiger partial charge on any atom is 0.294 e. The van der Waals surface area contributed by atoms with Gasteiger partial charge in [-0.3, -0.25) is 4.55 Å². The van der Waals surface area contributed by atoms with Crippen LogP contribution in [0.4, 0.5) is 0 Å². The molecule has 0 unspecified atom stereocenters. The van der Waals surface area contributed by atoms with Crippen molar-refractivity contribution in [3.63, 3.8) is 0 Å². The molecule has 0 radical (unpaired) electrons. The molecule has 0 saturated heterocycles. The van der Waals surface area contributed by atoms with Crippen molar-refractivity contribution in [1.82, 2.24) is 0 Å². The van der Waals surface area contributed by atoms with Crippen molar-refractivity contribution in [2.45, 2.75) is 17.7 Å². The quantitative estimate of drug-likeness (QED) is 0.314. The number of benzene rings is 4. The van der Waals surface area contributed by atoms with Crippen LogP contribution in [0.3, 0.4) is 0 Å². The van der Waals surface area contributed by atoms with Gasteiger partial charge >= 0.3 is 0 Å². The Morgan fingerprint density at radius 1 is 0.812 bits per heavy atom. The maximum absolute atomic E-state index is 11.1. The summed E-state index contributed by atoms with van der Waals surface area (Å²) in [6.45, 7) is 0. The van der Waals surface area contributed by atoms with E-state index in [9.17, 15) is 18.6 Å². The summed E-state index contributed by atoms with van der Waals surface area (Å²) < 4.78 is 31.3. The number of aromatic hydroxyl groups is 2. The molecule has 5 nitrogen and oxygen atoms in total. The molecule has 6 heteroatoms. The number of hydrogen-bond donors (Lipinski definition) is 3. The van der Waals surface area contributed by atoms with Gasteiger partial charge in [-0.1, -0.05) is 60.4 Å². The number of phenolic OH excluding ortho intramolecular Hbond substituents is 2. The number of rotatable bonds is 4. The van der Waals surface area contributed by atoms with Crippen LogP contribution in [-0.2, 0) is 23.0 Å². The predicted octanol–water partition coefficient (Wildman–Crippen LogP) is 4.68. The summed E-state index contributed by atoms with van der Waals surface area (Å²) >= 11 is 0. The minimum atomic E-state index is -4.21. The average molecular weight is 445 g/mol. The molecule has 0 heterocycles. The standard InChI is InChI=1S/C26H20O5S/c27-25-17-21-12-9-20(8-4-7-18-10-13-22(14-11-18)32(29,30)31)15-23(21)26(28)24(25)16-19-5-2-1-3-6-19/h1-3,5-6,9-15,17,27-28H,7,16H2,(H,29,30,31). The van der Waals surface area contributed by atoms with Gasteiger partial charge in [0.2, 0.25) is 0 Å². The highest BCUT2D eigenvalue weighted by atomic mass is 32.2. The Labute approximate surface area is 186 Å². The van der Waals surface area contributed by atoms with Gasteiger partial charge in [0.05, 0.1) is 4.90 Å². The van der Waals surface area contributed by atoms with E-state index in [1.165, 1.54) is 12.1 Å². The topological polar surface area (TPSA) is 94.8 Å². The van der Waals surface area contributed by atoms with E-state index in [1.807, 2.05) is 36.4 Å². The molecule has 0 aliphatic heterocycles. The minimum Gasteiger partial charge on any atom is -0.507 e. The van der Waals surface area contributed by atoms with Crippen LogP contribution in [0.2, 0.25) is 0 Å². The lowest BCUT2D eigenvalue weighted by molar-refractivity contribution is 0.445. The second kappa shape index (κ2) is 8.75. The largest absolute Gasteiger partial charge is 0.507 e. The Hall–Kier alpha value is -3.79. The highest BCUT2D eigenvalue weighted by Gasteiger charge is 2.13. The number of fused-ring (bicyclic) bond motifs is 1. The lowest BCUT2D eigenvalue weighted by Gasteiger charge is -2.11. The molecule has 0 atom stereocenters. The van der Waals surface area contributed by atoms with Crippen molar-refractivity contribution in [2.24, 2.45) is 0 Å². The lowest BCUT2D eigenvalue weighted by atomic mass is 9.97. The van der Waals surface area contributed by atoms with Gasteiger partial charge < -0.3 is 10.2 Å². The lowest BCUT2D eigenvalue weighted by Crippen LogP contribution is -1.97. The van der Waals surface area contributed by atoms with E-state index >= 15 is 0 Å². The molecule has 0 fully saturated rings. The van der Waals surface area contributed by atoms with Crippen molar-refractivity contribution >= 4 is 20.9 Å². The van der Waals surface area contributed by atoms with Gasteiger partial charge in [0.15, 0.2) is 0 Å². The second-order valence-corrected chi connectivity index (χ2v) is 8.84. The summed E-state index contributed by atoms with van der Waals surface area (Å²) in [5.41, 5.74) is 2.96. The van der Waals surface area contributed by atoms with Crippen LogP contribution in [0.5, 0.6) is 11.5 Å². The first-order valence-corrected chi connectivity index (χ1v) is 11.3. The number of phenols is 2. The molecule has 3 N–H and O–H groups in total. The zero-order valence-corrected chi connectivity index (χ0v) is 17.8. The van der Waals surface area contributed by atoms with Crippen molar-refractivity contribution in [2.75, 3.05) is 0 Å². The summed E-state index contributed by atoms with van der Waals surface area (Å²) in [6, 6.07) is 22.5. The molecule has 0 aliphatic carbocycles. The Kier molecular flexibility index (Phi) is 5.87. The molecule has 0 saturated carbocycles. The van der Waals surface area contributed by atoms with E-state index in [1.54, 1.807) is 30.3 Å². The Bertz CT molecular complexity index is 1450. The molecular weight excluding hydrogens is 424 g/mol. The fourth-order valence-electron chi connectivity index (χ4n) is 3.49. The molecule has 4 rings (SSSR count). The van der Waals surface area contributed by atoms with Crippen LogP contribution < -0.4 is 0 Å². The summed E-state index contributed by atoms with van der Waals surface area (Å²) in [5.74, 6) is 6.17. The maximum atomic E-state index is 11.1. The van der Waals surface area contributed by atoms with Crippen molar-refractivity contribution in [1.29, 1.82) is 0 Å². The van der Waals surface area contributed by atoms with Gasteiger partial charge in [0.25, 0.3) is 10.1 Å². The van der Waals surface area contributed by atoms with E-state index in [2.05, 4.69) is 11.8 Å². The van der Waals surface area contributed by atoms with E-state index < -0.39 is 10.1 Å². The van der Waals surface area contributed by atoms with Gasteiger partial charge in [-0.05, 0) is 46.8 Å². The summed E-state index contributed by atoms with van der Waals surface area (Å²) in [7, 11) is -4.21. The van der Waals surface area contributed by atoms with Gasteiger partial charge in [-0.2, -0.15) is 8.42 Å². The Morgan fingerprint density at radius 3 is 2.22 bits per heavy atom. The first-order valence-electron chi connectivity index (χ1n) is 9.88. The van der Waals surface area contributed by atoms with Crippen LogP contribution >= 0.6 is 0 Å². The van der Waals surface area contributed by atoms with Gasteiger partial charge in [-0.15, -0.1) is 0 Å². The molecule has 0 aliphatic rings. The Morgan fingerprint density at radius 2 is 1.53 bits per heavy atom. The zero-order chi connectivity index (χ0) is 22.7. The zero-order valence-electron chi connectivity index (χ0n) is 17.0. The Balaban J connectivity index is 1.59. The minimum absolute atomic E-state index is 0.0355. The fourth-order valence-corrected chi connectivity index (χ4v) is 3.97. The molecule has 0 aromatic heterocycles. The third-order valence-electron chi connectivity index (χ3n) is 5.17. The van der Waals surface area contributed by atoms with Gasteiger partial charge in [-0.25, -0.2) is 0 Å². The van der Waals surface area contributed by atoms with E-state index in [0.717, 1.165) is 11.1 Å². The molecule has 0 spiro atoms. The van der Waals surface area contributed by atoms with E-state index in [4.69, 9.17) is 4.55 Å². The van der Waals surface area contributed by atoms with Crippen LogP contribution in [-0.4, -0.2) is 23.2 Å². The van der Waals surface area contributed by atoms with Crippen molar-refractivity contribution < 1.29 is 23.2 Å². The van der Waals surface area contributed by atoms with Gasteiger partial charge in [0.1, 0.15) is 11.5 Å². The summed E-state index contributed by atoms with van der Waals surface area (Å²) in [6.07, 6.45) is 0.800. The highest BCUT2D eigenvalue weighted by molar-refractivity contribution is 7.85. The molecule has 4 aromatic rings. The predicted molar refractivity (Wildman–Crippen MR) is 123 cm³/mol. The normalized spacial score (nSPS) is 11.2. The molecule has 4 aromatic carbocycles. The van der Waals surface area contributed by atoms with E-state index in [-0.39, 0.29) is 16.4 Å². The first-order chi connectivity index (χ1) is 15.3. The highest BCUT2D eigenvalue weighted by Crippen LogP contribution is 2.37. The average Bonchev–Trinajstić information content (AvgIpc) is 2.77. The molecule has 160 valence electrons. The molecular formula is C26H20O5S. The molecule has 0 bridgehead atoms. The third kappa shape index (κ3) is 4.75. The van der Waals surface area contributed by atoms with Crippen molar-refractivity contribution in [3.8, 4) is 23.3 Å². The third-order valence-corrected chi connectivity index (χ3v) is 6.03. The summed E-state index contributed by atoms with van der Waals surface area (Å²) in [5, 5.41) is 22.6. The van der Waals surface area contributed by atoms with Crippen LogP contribution in [0.15, 0.2) is 83.8 Å². The molecule has 32 heavy (non-hydrogen) atoms. The fraction of sp³-hybridized carbons (Fsp3) is 0.0769. The van der Waals surface area contributed by atoms with Crippen LogP contribution in [0.25, 0.3) is 10.8 Å². The van der Waals surface area contributed by atoms with Crippen LogP contribution in [0.1, 0.15) is 22.3 Å². The van der Waals surface area contributed by atoms with Crippen molar-refractivity contribution in [3.05, 3.63) is 101 Å². The smallest absolute Gasteiger partial charge is 0.294 e. The molecule has 0 amide bonds.